The molecule has 2 fully saturated rings. The van der Waals surface area contributed by atoms with E-state index in [1.54, 1.807) is 0 Å². The van der Waals surface area contributed by atoms with Gasteiger partial charge < -0.3 is 15.2 Å². The van der Waals surface area contributed by atoms with Crippen molar-refractivity contribution in [2.75, 3.05) is 26.4 Å². The average molecular weight is 468 g/mol. The number of aliphatic imine (C=N–C) groups is 1. The van der Waals surface area contributed by atoms with E-state index in [1.807, 2.05) is 18.2 Å². The largest absolute Gasteiger partial charge is 0.368 e. The Morgan fingerprint density at radius 1 is 1.21 bits per heavy atom. The van der Waals surface area contributed by atoms with Gasteiger partial charge in [0.2, 0.25) is 5.91 Å². The Kier molecular flexibility index (Phi) is 7.71. The number of allylic oxidation sites excluding steroid dienone is 5. The van der Waals surface area contributed by atoms with Crippen LogP contribution in [0.4, 0.5) is 0 Å². The number of fused-ring (bicyclic) bond motifs is 5. The first-order valence-corrected chi connectivity index (χ1v) is 12.8. The minimum atomic E-state index is -0.313. The van der Waals surface area contributed by atoms with E-state index < -0.39 is 0 Å². The van der Waals surface area contributed by atoms with Crippen molar-refractivity contribution in [2.24, 2.45) is 10.7 Å². The third kappa shape index (κ3) is 5.58. The number of nitrogens with two attached hydrogens (primary N) is 1. The van der Waals surface area contributed by atoms with Gasteiger partial charge >= 0.3 is 0 Å². The second kappa shape index (κ2) is 11.1. The number of carbonyl (C=O) groups is 1. The molecule has 3 heterocycles. The molecule has 6 unspecified atom stereocenters. The van der Waals surface area contributed by atoms with Gasteiger partial charge in [-0.25, -0.2) is 0 Å². The Morgan fingerprint density at radius 3 is 3.06 bits per heavy atom. The smallest absolute Gasteiger partial charge is 0.234 e. The zero-order valence-corrected chi connectivity index (χ0v) is 19.8. The topological polar surface area (TPSA) is 101 Å². The highest BCUT2D eigenvalue weighted by Crippen LogP contribution is 2.28. The Morgan fingerprint density at radius 2 is 2.15 bits per heavy atom. The molecular weight excluding hydrogens is 430 g/mol. The van der Waals surface area contributed by atoms with Crippen molar-refractivity contribution < 1.29 is 14.3 Å². The van der Waals surface area contributed by atoms with Gasteiger partial charge in [-0.2, -0.15) is 0 Å². The highest BCUT2D eigenvalue weighted by Gasteiger charge is 2.39. The van der Waals surface area contributed by atoms with Crippen molar-refractivity contribution in [3.05, 3.63) is 47.7 Å². The van der Waals surface area contributed by atoms with Gasteiger partial charge in [-0.3, -0.25) is 25.3 Å². The zero-order chi connectivity index (χ0) is 23.3. The summed E-state index contributed by atoms with van der Waals surface area (Å²) in [6.45, 7) is 2.63. The molecule has 5 aliphatic rings. The SMILES string of the molecule is NC(=O)C1CC2CN1CCNCOC1CCCC1=CC=CC=CC1=NC3=CCCCC3NC1O2. The number of rotatable bonds is 1. The predicted octanol–water partition coefficient (Wildman–Crippen LogP) is 1.91. The molecule has 1 saturated heterocycles. The van der Waals surface area contributed by atoms with Crippen LogP contribution in [0, 0.1) is 0 Å². The van der Waals surface area contributed by atoms with Gasteiger partial charge in [0.1, 0.15) is 0 Å². The van der Waals surface area contributed by atoms with Gasteiger partial charge in [0.05, 0.1) is 42.4 Å². The van der Waals surface area contributed by atoms with Crippen LogP contribution in [0.5, 0.6) is 0 Å². The summed E-state index contributed by atoms with van der Waals surface area (Å²) in [5, 5.41) is 7.03. The number of primary amides is 1. The quantitative estimate of drug-likeness (QED) is 0.545. The summed E-state index contributed by atoms with van der Waals surface area (Å²) in [5.74, 6) is -0.290. The molecule has 5 rings (SSSR count). The van der Waals surface area contributed by atoms with Crippen LogP contribution in [0.2, 0.25) is 0 Å². The average Bonchev–Trinajstić information content (AvgIpc) is 3.45. The van der Waals surface area contributed by atoms with Crippen LogP contribution >= 0.6 is 0 Å². The minimum absolute atomic E-state index is 0.0858. The zero-order valence-electron chi connectivity index (χ0n) is 19.8. The van der Waals surface area contributed by atoms with E-state index >= 15 is 0 Å². The summed E-state index contributed by atoms with van der Waals surface area (Å²) in [6.07, 6.45) is 19.6. The highest BCUT2D eigenvalue weighted by atomic mass is 16.5. The summed E-state index contributed by atoms with van der Waals surface area (Å²) >= 11 is 0. The molecule has 1 saturated carbocycles. The Hall–Kier alpha value is -2.10. The Balaban J connectivity index is 1.39. The lowest BCUT2D eigenvalue weighted by Crippen LogP contribution is -2.51. The molecule has 0 aromatic carbocycles. The summed E-state index contributed by atoms with van der Waals surface area (Å²) < 4.78 is 12.6. The van der Waals surface area contributed by atoms with E-state index in [2.05, 4.69) is 33.8 Å². The molecule has 0 aromatic heterocycles. The molecule has 4 N–H and O–H groups in total. The lowest BCUT2D eigenvalue weighted by Gasteiger charge is -2.34. The molecule has 0 spiro atoms. The number of carbonyl (C=O) groups excluding carboxylic acids is 1. The first kappa shape index (κ1) is 23.6. The highest BCUT2D eigenvalue weighted by molar-refractivity contribution is 6.00. The van der Waals surface area contributed by atoms with Crippen molar-refractivity contribution in [2.45, 2.75) is 75.5 Å². The lowest BCUT2D eigenvalue weighted by atomic mass is 9.97. The molecule has 2 aliphatic carbocycles. The van der Waals surface area contributed by atoms with Crippen LogP contribution in [0.15, 0.2) is 52.7 Å². The number of hydrogen-bond acceptors (Lipinski definition) is 7. The number of ether oxygens (including phenoxy) is 2. The summed E-state index contributed by atoms with van der Waals surface area (Å²) in [5.41, 5.74) is 9.08. The van der Waals surface area contributed by atoms with Crippen LogP contribution in [-0.2, 0) is 14.3 Å². The van der Waals surface area contributed by atoms with Gasteiger partial charge in [0.15, 0.2) is 6.23 Å². The second-order valence-corrected chi connectivity index (χ2v) is 9.78. The maximum absolute atomic E-state index is 12.2. The molecule has 2 bridgehead atoms. The fraction of sp³-hybridized carbons (Fsp3) is 0.615. The molecule has 3 aliphatic heterocycles. The molecule has 34 heavy (non-hydrogen) atoms. The molecule has 8 heteroatoms. The Labute approximate surface area is 202 Å². The maximum atomic E-state index is 12.2. The summed E-state index contributed by atoms with van der Waals surface area (Å²) in [4.78, 5) is 19.3. The second-order valence-electron chi connectivity index (χ2n) is 9.78. The van der Waals surface area contributed by atoms with Crippen molar-refractivity contribution in [3.63, 3.8) is 0 Å². The van der Waals surface area contributed by atoms with E-state index in [4.69, 9.17) is 20.2 Å². The molecule has 6 atom stereocenters. The van der Waals surface area contributed by atoms with E-state index in [0.29, 0.717) is 19.7 Å². The fourth-order valence-corrected chi connectivity index (χ4v) is 5.63. The monoisotopic (exact) mass is 467 g/mol. The third-order valence-corrected chi connectivity index (χ3v) is 7.42. The number of nitrogens with zero attached hydrogens (tertiary/aromatic N) is 2. The van der Waals surface area contributed by atoms with E-state index in [-0.39, 0.29) is 36.4 Å². The Bertz CT molecular complexity index is 908. The van der Waals surface area contributed by atoms with Crippen molar-refractivity contribution in [1.82, 2.24) is 15.5 Å². The number of nitrogens with one attached hydrogen (secondary N) is 2. The fourth-order valence-electron chi connectivity index (χ4n) is 5.63. The summed E-state index contributed by atoms with van der Waals surface area (Å²) in [6, 6.07) is -0.0891. The lowest BCUT2D eigenvalue weighted by molar-refractivity contribution is -0.122. The van der Waals surface area contributed by atoms with Crippen LogP contribution in [0.25, 0.3) is 0 Å². The van der Waals surface area contributed by atoms with E-state index in [1.165, 1.54) is 5.57 Å². The number of amides is 1. The van der Waals surface area contributed by atoms with Crippen LogP contribution < -0.4 is 16.4 Å². The van der Waals surface area contributed by atoms with Gasteiger partial charge in [0.25, 0.3) is 0 Å². The molecule has 8 nitrogen and oxygen atoms in total. The molecule has 0 aromatic rings. The predicted molar refractivity (Wildman–Crippen MR) is 132 cm³/mol. The molecule has 0 radical (unpaired) electrons. The van der Waals surface area contributed by atoms with Gasteiger partial charge in [-0.1, -0.05) is 30.4 Å². The van der Waals surface area contributed by atoms with E-state index in [9.17, 15) is 4.79 Å². The standard InChI is InChI=1S/C26H37N5O3/c27-25(32)23-15-19-16-31(23)14-13-28-17-33-24-12-6-8-18(24)7-2-1-3-11-22-26(34-19)30-21-10-5-4-9-20(21)29-22/h1-3,7,9,11,19,21,23-24,26,28,30H,4-6,8,10,12-17H2,(H2,27,32). The molecule has 1 amide bonds. The summed E-state index contributed by atoms with van der Waals surface area (Å²) in [7, 11) is 0. The maximum Gasteiger partial charge on any atom is 0.234 e. The third-order valence-electron chi connectivity index (χ3n) is 7.42. The van der Waals surface area contributed by atoms with Gasteiger partial charge in [-0.05, 0) is 56.6 Å². The number of hydrogen-bond donors (Lipinski definition) is 3. The molecule has 184 valence electrons. The van der Waals surface area contributed by atoms with Crippen LogP contribution in [0.3, 0.4) is 0 Å². The van der Waals surface area contributed by atoms with Crippen LogP contribution in [0.1, 0.15) is 44.9 Å². The van der Waals surface area contributed by atoms with Gasteiger partial charge in [-0.15, -0.1) is 0 Å². The van der Waals surface area contributed by atoms with Crippen LogP contribution in [-0.4, -0.2) is 73.4 Å². The van der Waals surface area contributed by atoms with Crippen molar-refractivity contribution in [3.8, 4) is 0 Å². The van der Waals surface area contributed by atoms with E-state index in [0.717, 1.165) is 63.0 Å². The first-order valence-electron chi connectivity index (χ1n) is 12.8. The molecular formula is C26H37N5O3. The minimum Gasteiger partial charge on any atom is -0.368 e. The van der Waals surface area contributed by atoms with Crippen molar-refractivity contribution in [1.29, 1.82) is 0 Å². The van der Waals surface area contributed by atoms with Crippen molar-refractivity contribution >= 4 is 11.6 Å². The van der Waals surface area contributed by atoms with Gasteiger partial charge in [0, 0.05) is 19.6 Å². The normalized spacial score (nSPS) is 36.8. The first-order chi connectivity index (χ1) is 16.7.